The second kappa shape index (κ2) is 8.75. The Morgan fingerprint density at radius 1 is 1.03 bits per heavy atom. The first-order valence-electron chi connectivity index (χ1n) is 12.1. The van der Waals surface area contributed by atoms with Crippen molar-refractivity contribution < 1.29 is 4.39 Å². The van der Waals surface area contributed by atoms with Crippen LogP contribution >= 0.6 is 0 Å². The molecule has 1 N–H and O–H groups in total. The molecule has 1 unspecified atom stereocenters. The third kappa shape index (κ3) is 4.02. The van der Waals surface area contributed by atoms with Crippen molar-refractivity contribution in [3.05, 3.63) is 60.2 Å². The number of hydrogen-bond acceptors (Lipinski definition) is 6. The summed E-state index contributed by atoms with van der Waals surface area (Å²) in [6.07, 6.45) is 6.05. The van der Waals surface area contributed by atoms with Gasteiger partial charge in [-0.2, -0.15) is 10.4 Å². The van der Waals surface area contributed by atoms with E-state index in [0.717, 1.165) is 61.3 Å². The molecule has 4 aromatic rings. The third-order valence-electron chi connectivity index (χ3n) is 7.36. The summed E-state index contributed by atoms with van der Waals surface area (Å²) in [5.74, 6) is 1.68. The van der Waals surface area contributed by atoms with Crippen LogP contribution in [0.15, 0.2) is 48.8 Å². The van der Waals surface area contributed by atoms with E-state index in [0.29, 0.717) is 28.8 Å². The lowest BCUT2D eigenvalue weighted by atomic mass is 9.92. The first kappa shape index (κ1) is 21.7. The highest BCUT2D eigenvalue weighted by atomic mass is 19.1. The molecule has 2 fully saturated rings. The summed E-state index contributed by atoms with van der Waals surface area (Å²) in [7, 11) is 1.89. The summed E-state index contributed by atoms with van der Waals surface area (Å²) in [4.78, 5) is 12.2. The molecular weight excluding hydrogens is 441 g/mol. The van der Waals surface area contributed by atoms with E-state index in [4.69, 9.17) is 9.97 Å². The second-order valence-corrected chi connectivity index (χ2v) is 9.55. The van der Waals surface area contributed by atoms with Crippen molar-refractivity contribution in [2.75, 3.05) is 31.1 Å². The zero-order chi connectivity index (χ0) is 23.9. The molecule has 0 radical (unpaired) electrons. The number of aryl methyl sites for hydroxylation is 1. The summed E-state index contributed by atoms with van der Waals surface area (Å²) in [6.45, 7) is 4.05. The number of nitrogens with zero attached hydrogens (tertiary/aromatic N) is 6. The molecule has 4 heterocycles. The Kier molecular flexibility index (Phi) is 5.42. The van der Waals surface area contributed by atoms with Gasteiger partial charge in [0.25, 0.3) is 0 Å². The second-order valence-electron chi connectivity index (χ2n) is 9.55. The average molecular weight is 468 g/mol. The van der Waals surface area contributed by atoms with E-state index in [-0.39, 0.29) is 5.56 Å². The average Bonchev–Trinajstić information content (AvgIpc) is 3.42. The van der Waals surface area contributed by atoms with Gasteiger partial charge in [0.1, 0.15) is 17.7 Å². The maximum atomic E-state index is 14.6. The number of halogens is 1. The molecule has 2 aliphatic heterocycles. The summed E-state index contributed by atoms with van der Waals surface area (Å²) in [5.41, 5.74) is 3.70. The molecule has 35 heavy (non-hydrogen) atoms. The molecule has 2 aromatic heterocycles. The van der Waals surface area contributed by atoms with Gasteiger partial charge in [-0.05, 0) is 62.0 Å². The lowest BCUT2D eigenvalue weighted by Gasteiger charge is -2.23. The van der Waals surface area contributed by atoms with Crippen LogP contribution in [0, 0.1) is 29.0 Å². The van der Waals surface area contributed by atoms with E-state index in [1.54, 1.807) is 10.7 Å². The van der Waals surface area contributed by atoms with Gasteiger partial charge >= 0.3 is 0 Å². The monoisotopic (exact) mass is 467 g/mol. The summed E-state index contributed by atoms with van der Waals surface area (Å²) in [5, 5.41) is 18.2. The van der Waals surface area contributed by atoms with Crippen molar-refractivity contribution >= 4 is 16.7 Å². The molecule has 0 bridgehead atoms. The van der Waals surface area contributed by atoms with E-state index in [9.17, 15) is 9.65 Å². The molecule has 176 valence electrons. The SMILES string of the molecule is Cn1cc2cc(-c3ncc(N4CCC5CNC[C@H]5CC4)nc3-c3ccc(C#N)c(F)c3)ccc2n1. The van der Waals surface area contributed by atoms with Gasteiger partial charge in [0.15, 0.2) is 0 Å². The molecule has 0 aliphatic carbocycles. The fourth-order valence-electron chi connectivity index (χ4n) is 5.44. The molecule has 8 heteroatoms. The summed E-state index contributed by atoms with van der Waals surface area (Å²) >= 11 is 0. The standard InChI is InChI=1S/C27H26FN7/c1-34-16-22-10-17(4-5-24(22)33-34)26-27(18-2-3-19(12-29)23(28)11-18)32-25(15-31-26)35-8-6-20-13-30-14-21(20)7-9-35/h2-5,10-11,15-16,20-21,30H,6-9,13-14H2,1H3/t20-,21?/m1/s1. The van der Waals surface area contributed by atoms with Crippen molar-refractivity contribution in [1.82, 2.24) is 25.1 Å². The Morgan fingerprint density at radius 2 is 1.77 bits per heavy atom. The van der Waals surface area contributed by atoms with E-state index >= 15 is 0 Å². The van der Waals surface area contributed by atoms with Crippen LogP contribution in [-0.2, 0) is 7.05 Å². The van der Waals surface area contributed by atoms with Crippen LogP contribution in [0.4, 0.5) is 10.2 Å². The molecule has 2 saturated heterocycles. The van der Waals surface area contributed by atoms with Crippen LogP contribution in [0.2, 0.25) is 0 Å². The molecular formula is C27H26FN7. The van der Waals surface area contributed by atoms with Gasteiger partial charge in [0.05, 0.1) is 28.7 Å². The zero-order valence-electron chi connectivity index (χ0n) is 19.6. The molecule has 7 nitrogen and oxygen atoms in total. The number of anilines is 1. The highest BCUT2D eigenvalue weighted by Crippen LogP contribution is 2.34. The van der Waals surface area contributed by atoms with Gasteiger partial charge in [0.2, 0.25) is 0 Å². The minimum atomic E-state index is -0.555. The predicted octanol–water partition coefficient (Wildman–Crippen LogP) is 4.14. The van der Waals surface area contributed by atoms with E-state index in [1.807, 2.05) is 43.7 Å². The first-order chi connectivity index (χ1) is 17.1. The molecule has 2 aromatic carbocycles. The molecule has 0 saturated carbocycles. The van der Waals surface area contributed by atoms with Crippen molar-refractivity contribution in [3.8, 4) is 28.6 Å². The lowest BCUT2D eigenvalue weighted by molar-refractivity contribution is 0.409. The number of nitriles is 1. The molecule has 0 spiro atoms. The number of nitrogens with one attached hydrogen (secondary N) is 1. The van der Waals surface area contributed by atoms with Gasteiger partial charge in [-0.15, -0.1) is 0 Å². The van der Waals surface area contributed by atoms with Crippen LogP contribution in [-0.4, -0.2) is 45.9 Å². The zero-order valence-corrected chi connectivity index (χ0v) is 19.6. The molecule has 6 rings (SSSR count). The minimum Gasteiger partial charge on any atom is -0.355 e. The van der Waals surface area contributed by atoms with Crippen molar-refractivity contribution in [2.24, 2.45) is 18.9 Å². The molecule has 0 amide bonds. The summed E-state index contributed by atoms with van der Waals surface area (Å²) in [6, 6.07) is 12.5. The Hall–Kier alpha value is -3.83. The highest BCUT2D eigenvalue weighted by molar-refractivity contribution is 5.87. The first-order valence-corrected chi connectivity index (χ1v) is 12.1. The van der Waals surface area contributed by atoms with E-state index < -0.39 is 5.82 Å². The predicted molar refractivity (Wildman–Crippen MR) is 133 cm³/mol. The normalized spacial score (nSPS) is 20.0. The maximum Gasteiger partial charge on any atom is 0.147 e. The largest absolute Gasteiger partial charge is 0.355 e. The minimum absolute atomic E-state index is 0.0175. The smallest absolute Gasteiger partial charge is 0.147 e. The van der Waals surface area contributed by atoms with E-state index in [1.165, 1.54) is 12.1 Å². The molecule has 2 atom stereocenters. The third-order valence-corrected chi connectivity index (χ3v) is 7.36. The number of aromatic nitrogens is 4. The maximum absolute atomic E-state index is 14.6. The quantitative estimate of drug-likeness (QED) is 0.488. The Balaban J connectivity index is 1.44. The van der Waals surface area contributed by atoms with Crippen molar-refractivity contribution in [1.29, 1.82) is 5.26 Å². The van der Waals surface area contributed by atoms with Crippen LogP contribution in [0.1, 0.15) is 18.4 Å². The summed E-state index contributed by atoms with van der Waals surface area (Å²) < 4.78 is 16.4. The van der Waals surface area contributed by atoms with E-state index in [2.05, 4.69) is 15.3 Å². The van der Waals surface area contributed by atoms with Crippen molar-refractivity contribution in [3.63, 3.8) is 0 Å². The molecule has 2 aliphatic rings. The fourth-order valence-corrected chi connectivity index (χ4v) is 5.44. The van der Waals surface area contributed by atoms with Gasteiger partial charge in [-0.1, -0.05) is 12.1 Å². The Bertz CT molecular complexity index is 1440. The van der Waals surface area contributed by atoms with Crippen LogP contribution in [0.25, 0.3) is 33.4 Å². The number of fused-ring (bicyclic) bond motifs is 2. The van der Waals surface area contributed by atoms with Gasteiger partial charge in [-0.3, -0.25) is 9.67 Å². The Morgan fingerprint density at radius 3 is 2.51 bits per heavy atom. The lowest BCUT2D eigenvalue weighted by Crippen LogP contribution is -2.27. The number of rotatable bonds is 3. The van der Waals surface area contributed by atoms with Crippen LogP contribution in [0.3, 0.4) is 0 Å². The van der Waals surface area contributed by atoms with Gasteiger partial charge < -0.3 is 10.2 Å². The Labute approximate surface area is 203 Å². The topological polar surface area (TPSA) is 82.7 Å². The number of hydrogen-bond donors (Lipinski definition) is 1. The number of benzene rings is 2. The van der Waals surface area contributed by atoms with Crippen LogP contribution in [0.5, 0.6) is 0 Å². The highest BCUT2D eigenvalue weighted by Gasteiger charge is 2.30. The van der Waals surface area contributed by atoms with Crippen molar-refractivity contribution in [2.45, 2.75) is 12.8 Å². The van der Waals surface area contributed by atoms with Gasteiger partial charge in [0, 0.05) is 42.8 Å². The fraction of sp³-hybridized carbons (Fsp3) is 0.333. The van der Waals surface area contributed by atoms with Gasteiger partial charge in [-0.25, -0.2) is 9.37 Å². The van der Waals surface area contributed by atoms with Crippen LogP contribution < -0.4 is 10.2 Å².